The minimum absolute atomic E-state index is 0.211. The molecule has 1 heterocycles. The van der Waals surface area contributed by atoms with Crippen LogP contribution in [0.2, 0.25) is 0 Å². The van der Waals surface area contributed by atoms with Gasteiger partial charge in [0.15, 0.2) is 5.79 Å². The van der Waals surface area contributed by atoms with E-state index >= 15 is 0 Å². The Morgan fingerprint density at radius 2 is 1.00 bits per heavy atom. The van der Waals surface area contributed by atoms with Gasteiger partial charge in [0.2, 0.25) is 0 Å². The van der Waals surface area contributed by atoms with Crippen molar-refractivity contribution in [1.82, 2.24) is 0 Å². The normalized spacial score (nSPS) is 28.4. The molecule has 1 aliphatic heterocycles. The molecular formula is C18H32O2. The Balaban J connectivity index is 1.76. The molecule has 0 bridgehead atoms. The van der Waals surface area contributed by atoms with Crippen LogP contribution in [0.25, 0.3) is 0 Å². The van der Waals surface area contributed by atoms with Crippen molar-refractivity contribution in [2.24, 2.45) is 0 Å². The molecule has 1 fully saturated rings. The van der Waals surface area contributed by atoms with Crippen LogP contribution in [0.3, 0.4) is 0 Å². The van der Waals surface area contributed by atoms with E-state index in [0.717, 1.165) is 26.1 Å². The summed E-state index contributed by atoms with van der Waals surface area (Å²) in [5.74, 6) is -0.211. The van der Waals surface area contributed by atoms with Gasteiger partial charge in [0.25, 0.3) is 0 Å². The van der Waals surface area contributed by atoms with Gasteiger partial charge in [0.1, 0.15) is 0 Å². The maximum Gasteiger partial charge on any atom is 0.168 e. The Hall–Kier alpha value is -0.340. The molecule has 2 heteroatoms. The van der Waals surface area contributed by atoms with Crippen molar-refractivity contribution in [3.63, 3.8) is 0 Å². The fourth-order valence-corrected chi connectivity index (χ4v) is 3.34. The molecular weight excluding hydrogens is 248 g/mol. The van der Waals surface area contributed by atoms with Gasteiger partial charge in [-0.1, -0.05) is 44.3 Å². The second kappa shape index (κ2) is 9.57. The second-order valence-corrected chi connectivity index (χ2v) is 6.34. The van der Waals surface area contributed by atoms with Gasteiger partial charge in [-0.2, -0.15) is 0 Å². The highest BCUT2D eigenvalue weighted by Crippen LogP contribution is 2.32. The number of allylic oxidation sites excluding steroid dienone is 2. The average molecular weight is 280 g/mol. The van der Waals surface area contributed by atoms with Gasteiger partial charge in [0.05, 0.1) is 13.2 Å². The van der Waals surface area contributed by atoms with E-state index in [1.807, 2.05) is 0 Å². The van der Waals surface area contributed by atoms with Gasteiger partial charge in [0, 0.05) is 12.8 Å². The third kappa shape index (κ3) is 5.97. The highest BCUT2D eigenvalue weighted by molar-refractivity contribution is 4.81. The van der Waals surface area contributed by atoms with E-state index in [1.54, 1.807) is 0 Å². The third-order valence-corrected chi connectivity index (χ3v) is 4.59. The summed E-state index contributed by atoms with van der Waals surface area (Å²) in [4.78, 5) is 0. The summed E-state index contributed by atoms with van der Waals surface area (Å²) in [6.07, 6.45) is 21.5. The fraction of sp³-hybridized carbons (Fsp3) is 0.889. The lowest BCUT2D eigenvalue weighted by molar-refractivity contribution is -0.168. The van der Waals surface area contributed by atoms with Gasteiger partial charge >= 0.3 is 0 Å². The highest BCUT2D eigenvalue weighted by Gasteiger charge is 2.34. The van der Waals surface area contributed by atoms with Crippen molar-refractivity contribution in [3.8, 4) is 0 Å². The second-order valence-electron chi connectivity index (χ2n) is 6.34. The van der Waals surface area contributed by atoms with Crippen molar-refractivity contribution in [3.05, 3.63) is 12.2 Å². The molecule has 1 aliphatic carbocycles. The van der Waals surface area contributed by atoms with Crippen molar-refractivity contribution < 1.29 is 9.47 Å². The first-order chi connectivity index (χ1) is 9.91. The van der Waals surface area contributed by atoms with E-state index < -0.39 is 0 Å². The monoisotopic (exact) mass is 280 g/mol. The van der Waals surface area contributed by atoms with E-state index in [9.17, 15) is 0 Å². The maximum absolute atomic E-state index is 5.95. The van der Waals surface area contributed by atoms with Gasteiger partial charge in [-0.25, -0.2) is 0 Å². The lowest BCUT2D eigenvalue weighted by atomic mass is 9.98. The number of ether oxygens (including phenoxy) is 2. The molecule has 0 N–H and O–H groups in total. The highest BCUT2D eigenvalue weighted by atomic mass is 16.7. The summed E-state index contributed by atoms with van der Waals surface area (Å²) in [6, 6.07) is 0. The van der Waals surface area contributed by atoms with Crippen LogP contribution in [0.5, 0.6) is 0 Å². The van der Waals surface area contributed by atoms with E-state index in [1.165, 1.54) is 70.6 Å². The van der Waals surface area contributed by atoms with Crippen LogP contribution in [-0.4, -0.2) is 19.0 Å². The Kier molecular flexibility index (Phi) is 7.67. The van der Waals surface area contributed by atoms with Gasteiger partial charge in [-0.3, -0.25) is 0 Å². The summed E-state index contributed by atoms with van der Waals surface area (Å²) >= 11 is 0. The first-order valence-electron chi connectivity index (χ1n) is 8.84. The van der Waals surface area contributed by atoms with Crippen molar-refractivity contribution >= 4 is 0 Å². The van der Waals surface area contributed by atoms with Crippen molar-refractivity contribution in [2.45, 2.75) is 89.3 Å². The molecule has 0 radical (unpaired) electrons. The maximum atomic E-state index is 5.95. The fourth-order valence-electron chi connectivity index (χ4n) is 3.34. The number of hydrogen-bond donors (Lipinski definition) is 0. The molecule has 2 nitrogen and oxygen atoms in total. The summed E-state index contributed by atoms with van der Waals surface area (Å²) in [6.45, 7) is 1.59. The van der Waals surface area contributed by atoms with E-state index in [0.29, 0.717) is 0 Å². The largest absolute Gasteiger partial charge is 0.348 e. The number of rotatable bonds is 0. The SMILES string of the molecule is C1=C/CCCCCCC2(CCCCCCC/1)OCCO2. The zero-order chi connectivity index (χ0) is 13.9. The molecule has 1 spiro atoms. The molecule has 0 unspecified atom stereocenters. The zero-order valence-electron chi connectivity index (χ0n) is 13.1. The minimum atomic E-state index is -0.211. The van der Waals surface area contributed by atoms with Gasteiger partial charge in [-0.05, 0) is 38.5 Å². The van der Waals surface area contributed by atoms with Crippen LogP contribution in [0.4, 0.5) is 0 Å². The molecule has 116 valence electrons. The van der Waals surface area contributed by atoms with Crippen LogP contribution >= 0.6 is 0 Å². The van der Waals surface area contributed by atoms with Crippen LogP contribution in [0, 0.1) is 0 Å². The van der Waals surface area contributed by atoms with E-state index in [-0.39, 0.29) is 5.79 Å². The zero-order valence-corrected chi connectivity index (χ0v) is 13.1. The molecule has 0 aromatic rings. The van der Waals surface area contributed by atoms with E-state index in [2.05, 4.69) is 12.2 Å². The quantitative estimate of drug-likeness (QED) is 0.555. The smallest absolute Gasteiger partial charge is 0.168 e. The molecule has 0 saturated carbocycles. The van der Waals surface area contributed by atoms with Gasteiger partial charge in [-0.15, -0.1) is 0 Å². The average Bonchev–Trinajstić information content (AvgIpc) is 2.91. The van der Waals surface area contributed by atoms with Crippen LogP contribution < -0.4 is 0 Å². The molecule has 0 aromatic carbocycles. The topological polar surface area (TPSA) is 18.5 Å². The summed E-state index contributed by atoms with van der Waals surface area (Å²) < 4.78 is 11.9. The van der Waals surface area contributed by atoms with Crippen molar-refractivity contribution in [2.75, 3.05) is 13.2 Å². The standard InChI is InChI=1S/C18H32O2/c1-2-4-6-8-10-12-14-18(19-16-17-20-18)15-13-11-9-7-5-3-1/h1-2H,3-17H2/b2-1+. The first-order valence-corrected chi connectivity index (χ1v) is 8.84. The Morgan fingerprint density at radius 3 is 1.55 bits per heavy atom. The summed E-state index contributed by atoms with van der Waals surface area (Å²) in [5.41, 5.74) is 0. The minimum Gasteiger partial charge on any atom is -0.348 e. The summed E-state index contributed by atoms with van der Waals surface area (Å²) in [5, 5.41) is 0. The number of hydrogen-bond acceptors (Lipinski definition) is 2. The van der Waals surface area contributed by atoms with Crippen LogP contribution in [-0.2, 0) is 9.47 Å². The lowest BCUT2D eigenvalue weighted by Crippen LogP contribution is -2.30. The molecule has 20 heavy (non-hydrogen) atoms. The van der Waals surface area contributed by atoms with Crippen molar-refractivity contribution in [1.29, 1.82) is 0 Å². The van der Waals surface area contributed by atoms with Crippen LogP contribution in [0.15, 0.2) is 12.2 Å². The third-order valence-electron chi connectivity index (χ3n) is 4.59. The van der Waals surface area contributed by atoms with Gasteiger partial charge < -0.3 is 9.47 Å². The molecule has 0 aromatic heterocycles. The Morgan fingerprint density at radius 1 is 0.550 bits per heavy atom. The molecule has 2 rings (SSSR count). The van der Waals surface area contributed by atoms with Crippen LogP contribution in [0.1, 0.15) is 83.5 Å². The Labute approximate surface area is 124 Å². The molecule has 2 aliphatic rings. The van der Waals surface area contributed by atoms with E-state index in [4.69, 9.17) is 9.47 Å². The predicted molar refractivity (Wildman–Crippen MR) is 83.8 cm³/mol. The molecule has 0 atom stereocenters. The molecule has 0 amide bonds. The first kappa shape index (κ1) is 16.0. The Bertz CT molecular complexity index is 267. The lowest BCUT2D eigenvalue weighted by Gasteiger charge is -2.27. The summed E-state index contributed by atoms with van der Waals surface area (Å²) in [7, 11) is 0. The molecule has 1 saturated heterocycles. The predicted octanol–water partition coefficient (Wildman–Crippen LogP) is 5.37.